The molecular formula is C21H18FN7OS. The minimum atomic E-state index is -1.24. The molecule has 2 atom stereocenters. The van der Waals surface area contributed by atoms with Crippen LogP contribution in [0.25, 0.3) is 22.0 Å². The Balaban J connectivity index is 1.32. The highest BCUT2D eigenvalue weighted by Gasteiger charge is 2.46. The fraction of sp³-hybridized carbons (Fsp3) is 0.286. The molecule has 4 aromatic rings. The Kier molecular flexibility index (Phi) is 4.04. The van der Waals surface area contributed by atoms with Crippen molar-refractivity contribution in [2.75, 3.05) is 0 Å². The number of benzene rings is 1. The maximum atomic E-state index is 14.0. The van der Waals surface area contributed by atoms with Crippen LogP contribution < -0.4 is 0 Å². The summed E-state index contributed by atoms with van der Waals surface area (Å²) in [5.74, 6) is 0.207. The van der Waals surface area contributed by atoms with Crippen molar-refractivity contribution in [1.29, 1.82) is 0 Å². The second-order valence-electron chi connectivity index (χ2n) is 7.95. The summed E-state index contributed by atoms with van der Waals surface area (Å²) in [6.45, 7) is 3.57. The van der Waals surface area contributed by atoms with Crippen LogP contribution in [0.5, 0.6) is 0 Å². The zero-order valence-corrected chi connectivity index (χ0v) is 17.4. The molecule has 0 aliphatic carbocycles. The topological polar surface area (TPSA) is 92.8 Å². The van der Waals surface area contributed by atoms with Crippen LogP contribution in [0.1, 0.15) is 23.1 Å². The van der Waals surface area contributed by atoms with Crippen molar-refractivity contribution >= 4 is 11.3 Å². The lowest BCUT2D eigenvalue weighted by molar-refractivity contribution is -0.0650. The summed E-state index contributed by atoms with van der Waals surface area (Å²) in [5.41, 5.74) is 1.93. The minimum absolute atomic E-state index is 0.251. The Hall–Kier alpha value is -3.08. The van der Waals surface area contributed by atoms with E-state index in [1.54, 1.807) is 34.5 Å². The predicted octanol–water partition coefficient (Wildman–Crippen LogP) is 2.60. The largest absolute Gasteiger partial charge is 0.382 e. The number of rotatable bonds is 3. The van der Waals surface area contributed by atoms with Crippen LogP contribution in [-0.2, 0) is 25.2 Å². The summed E-state index contributed by atoms with van der Waals surface area (Å²) in [7, 11) is 0. The lowest BCUT2D eigenvalue weighted by Gasteiger charge is -2.42. The lowest BCUT2D eigenvalue weighted by atomic mass is 9.81. The zero-order chi connectivity index (χ0) is 21.2. The number of halogens is 1. The summed E-state index contributed by atoms with van der Waals surface area (Å²) >= 11 is 1.63. The van der Waals surface area contributed by atoms with E-state index < -0.39 is 5.60 Å². The molecule has 2 aliphatic rings. The highest BCUT2D eigenvalue weighted by molar-refractivity contribution is 7.15. The molecule has 0 saturated carbocycles. The first-order valence-electron chi connectivity index (χ1n) is 9.91. The molecule has 0 unspecified atom stereocenters. The number of hydrogen-bond acceptors (Lipinski definition) is 8. The summed E-state index contributed by atoms with van der Waals surface area (Å²) in [4.78, 5) is 20.6. The van der Waals surface area contributed by atoms with E-state index in [0.717, 1.165) is 16.3 Å². The van der Waals surface area contributed by atoms with E-state index in [4.69, 9.17) is 4.98 Å². The number of thiazole rings is 1. The first-order valence-corrected chi connectivity index (χ1v) is 10.7. The molecule has 0 saturated heterocycles. The van der Waals surface area contributed by atoms with Crippen molar-refractivity contribution < 1.29 is 9.50 Å². The van der Waals surface area contributed by atoms with Crippen LogP contribution in [0.4, 0.5) is 4.39 Å². The van der Waals surface area contributed by atoms with Crippen molar-refractivity contribution in [2.24, 2.45) is 0 Å². The van der Waals surface area contributed by atoms with Gasteiger partial charge < -0.3 is 5.11 Å². The van der Waals surface area contributed by atoms with Gasteiger partial charge in [0.05, 0.1) is 12.2 Å². The first kappa shape index (κ1) is 18.7. The molecule has 2 aliphatic heterocycles. The number of nitrogens with zero attached hydrogens (tertiary/aromatic N) is 7. The average molecular weight is 435 g/mol. The number of hydrogen-bond donors (Lipinski definition) is 1. The highest BCUT2D eigenvalue weighted by Crippen LogP contribution is 2.43. The van der Waals surface area contributed by atoms with Gasteiger partial charge in [-0.15, -0.1) is 11.3 Å². The van der Waals surface area contributed by atoms with Crippen LogP contribution in [0, 0.1) is 5.82 Å². The zero-order valence-electron chi connectivity index (χ0n) is 16.6. The van der Waals surface area contributed by atoms with Gasteiger partial charge in [-0.3, -0.25) is 4.90 Å². The van der Waals surface area contributed by atoms with Gasteiger partial charge in [0.25, 0.3) is 0 Å². The van der Waals surface area contributed by atoms with Crippen molar-refractivity contribution in [3.63, 3.8) is 0 Å². The first-order chi connectivity index (χ1) is 15.0. The number of aliphatic hydroxyl groups is 1. The van der Waals surface area contributed by atoms with Gasteiger partial charge >= 0.3 is 0 Å². The molecular weight excluding hydrogens is 417 g/mol. The maximum absolute atomic E-state index is 14.0. The quantitative estimate of drug-likeness (QED) is 0.529. The van der Waals surface area contributed by atoms with Gasteiger partial charge in [-0.1, -0.05) is 6.07 Å². The van der Waals surface area contributed by atoms with Crippen molar-refractivity contribution in [2.45, 2.75) is 38.2 Å². The Morgan fingerprint density at radius 2 is 2.03 bits per heavy atom. The molecule has 0 bridgehead atoms. The van der Waals surface area contributed by atoms with E-state index in [1.807, 2.05) is 6.92 Å². The van der Waals surface area contributed by atoms with E-state index in [2.05, 4.69) is 25.0 Å². The highest BCUT2D eigenvalue weighted by atomic mass is 32.1. The van der Waals surface area contributed by atoms with Crippen LogP contribution in [0.15, 0.2) is 43.2 Å². The molecule has 156 valence electrons. The fourth-order valence-corrected chi connectivity index (χ4v) is 5.58. The lowest BCUT2D eigenvalue weighted by Crippen LogP contribution is -2.51. The monoisotopic (exact) mass is 435 g/mol. The Morgan fingerprint density at radius 3 is 2.84 bits per heavy atom. The van der Waals surface area contributed by atoms with Gasteiger partial charge in [-0.2, -0.15) is 5.10 Å². The molecule has 5 heterocycles. The van der Waals surface area contributed by atoms with Crippen molar-refractivity contribution in [1.82, 2.24) is 34.6 Å². The van der Waals surface area contributed by atoms with Crippen molar-refractivity contribution in [3.8, 4) is 22.0 Å². The van der Waals surface area contributed by atoms with Gasteiger partial charge in [0.1, 0.15) is 29.1 Å². The van der Waals surface area contributed by atoms with Gasteiger partial charge in [0.2, 0.25) is 0 Å². The number of aromatic nitrogens is 6. The number of fused-ring (bicyclic) bond motifs is 4. The van der Waals surface area contributed by atoms with E-state index in [-0.39, 0.29) is 18.4 Å². The molecule has 1 N–H and O–H groups in total. The standard InChI is InChI=1S/C21H18FN7OS/c1-12(28-7-17-18(8-28)31-20(27-17)13-5-23-10-24-6-13)21(30)9-29-19(25-11-26-29)15-4-14(22)2-3-16(15)21/h2-6,10-12,30H,7-9H2,1H3/t12-,21-/m1/s1. The third-order valence-corrected chi connectivity index (χ3v) is 7.35. The van der Waals surface area contributed by atoms with Gasteiger partial charge in [-0.05, 0) is 24.6 Å². The van der Waals surface area contributed by atoms with Crippen LogP contribution in [-0.4, -0.2) is 45.8 Å². The van der Waals surface area contributed by atoms with E-state index >= 15 is 0 Å². The normalized spacial score (nSPS) is 20.9. The van der Waals surface area contributed by atoms with Crippen LogP contribution >= 0.6 is 11.3 Å². The van der Waals surface area contributed by atoms with Crippen LogP contribution in [0.2, 0.25) is 0 Å². The Morgan fingerprint density at radius 1 is 1.19 bits per heavy atom. The van der Waals surface area contributed by atoms with E-state index in [0.29, 0.717) is 30.0 Å². The molecule has 0 fully saturated rings. The average Bonchev–Trinajstić information content (AvgIpc) is 3.48. The molecule has 3 aromatic heterocycles. The summed E-state index contributed by atoms with van der Waals surface area (Å²) in [5, 5.41) is 17.0. The van der Waals surface area contributed by atoms with Gasteiger partial charge in [-0.25, -0.2) is 29.0 Å². The predicted molar refractivity (Wildman–Crippen MR) is 111 cm³/mol. The molecule has 6 rings (SSSR count). The molecule has 10 heteroatoms. The smallest absolute Gasteiger partial charge is 0.158 e. The molecule has 8 nitrogen and oxygen atoms in total. The van der Waals surface area contributed by atoms with Gasteiger partial charge in [0.15, 0.2) is 5.82 Å². The molecule has 0 amide bonds. The minimum Gasteiger partial charge on any atom is -0.382 e. The molecule has 1 aromatic carbocycles. The third-order valence-electron chi connectivity index (χ3n) is 6.22. The molecule has 0 spiro atoms. The molecule has 0 radical (unpaired) electrons. The van der Waals surface area contributed by atoms with Gasteiger partial charge in [0, 0.05) is 47.5 Å². The SMILES string of the molecule is C[C@@H](N1Cc2nc(-c3cncnc3)sc2C1)[C@]1(O)Cn2ncnc2-c2cc(F)ccc21. The molecule has 31 heavy (non-hydrogen) atoms. The van der Waals surface area contributed by atoms with Crippen LogP contribution in [0.3, 0.4) is 0 Å². The fourth-order valence-electron chi connectivity index (χ4n) is 4.51. The summed E-state index contributed by atoms with van der Waals surface area (Å²) in [6, 6.07) is 4.22. The van der Waals surface area contributed by atoms with E-state index in [9.17, 15) is 9.50 Å². The Labute approximate surface area is 181 Å². The second kappa shape index (κ2) is 6.71. The third kappa shape index (κ3) is 2.83. The summed E-state index contributed by atoms with van der Waals surface area (Å²) < 4.78 is 15.6. The summed E-state index contributed by atoms with van der Waals surface area (Å²) in [6.07, 6.45) is 6.46. The second-order valence-corrected chi connectivity index (χ2v) is 9.04. The Bertz CT molecular complexity index is 1270. The van der Waals surface area contributed by atoms with Crippen molar-refractivity contribution in [3.05, 3.63) is 65.2 Å². The van der Waals surface area contributed by atoms with E-state index in [1.165, 1.54) is 29.7 Å². The maximum Gasteiger partial charge on any atom is 0.158 e.